The number of rotatable bonds is 5. The molecule has 110 valence electrons. The molecule has 0 radical (unpaired) electrons. The second kappa shape index (κ2) is 6.68. The van der Waals surface area contributed by atoms with E-state index in [0.717, 1.165) is 6.42 Å². The van der Waals surface area contributed by atoms with Crippen molar-refractivity contribution in [2.24, 2.45) is 5.41 Å². The number of nitrogens with one attached hydrogen (secondary N) is 1. The number of carbonyl (C=O) groups excluding carboxylic acids is 1. The van der Waals surface area contributed by atoms with E-state index in [-0.39, 0.29) is 0 Å². The largest absolute Gasteiger partial charge is 0.481 e. The Balaban J connectivity index is 2.51. The van der Waals surface area contributed by atoms with Crippen molar-refractivity contribution in [2.45, 2.75) is 39.0 Å². The summed E-state index contributed by atoms with van der Waals surface area (Å²) in [6, 6.07) is -0.546. The smallest absolute Gasteiger partial charge is 0.317 e. The van der Waals surface area contributed by atoms with Crippen molar-refractivity contribution < 1.29 is 23.5 Å². The van der Waals surface area contributed by atoms with Gasteiger partial charge < -0.3 is 15.3 Å². The molecule has 1 heterocycles. The van der Waals surface area contributed by atoms with Gasteiger partial charge in [0.25, 0.3) is 6.43 Å². The van der Waals surface area contributed by atoms with Crippen molar-refractivity contribution in [3.63, 3.8) is 0 Å². The van der Waals surface area contributed by atoms with Gasteiger partial charge in [0.15, 0.2) is 0 Å². The van der Waals surface area contributed by atoms with Gasteiger partial charge >= 0.3 is 12.0 Å². The first kappa shape index (κ1) is 15.7. The predicted octanol–water partition coefficient (Wildman–Crippen LogP) is 1.93. The third-order valence-corrected chi connectivity index (χ3v) is 3.60. The summed E-state index contributed by atoms with van der Waals surface area (Å²) in [5.41, 5.74) is -0.770. The quantitative estimate of drug-likeness (QED) is 0.807. The minimum atomic E-state index is -2.58. The second-order valence-corrected chi connectivity index (χ2v) is 4.90. The molecule has 2 N–H and O–H groups in total. The average Bonchev–Trinajstić information content (AvgIpc) is 2.37. The zero-order chi connectivity index (χ0) is 14.5. The number of halogens is 2. The van der Waals surface area contributed by atoms with Gasteiger partial charge in [0.1, 0.15) is 0 Å². The fraction of sp³-hybridized carbons (Fsp3) is 0.833. The highest BCUT2D eigenvalue weighted by atomic mass is 19.3. The van der Waals surface area contributed by atoms with Crippen molar-refractivity contribution in [3.8, 4) is 0 Å². The van der Waals surface area contributed by atoms with Gasteiger partial charge in [-0.25, -0.2) is 13.6 Å². The Kier molecular flexibility index (Phi) is 5.50. The summed E-state index contributed by atoms with van der Waals surface area (Å²) < 4.78 is 24.0. The summed E-state index contributed by atoms with van der Waals surface area (Å²) in [6.07, 6.45) is -0.484. The molecule has 2 amide bonds. The van der Waals surface area contributed by atoms with Gasteiger partial charge in [-0.05, 0) is 19.3 Å². The first-order valence-electron chi connectivity index (χ1n) is 6.45. The van der Waals surface area contributed by atoms with E-state index in [1.165, 1.54) is 4.90 Å². The lowest BCUT2D eigenvalue weighted by molar-refractivity contribution is -0.152. The molecule has 1 rings (SSSR count). The van der Waals surface area contributed by atoms with Crippen molar-refractivity contribution in [1.29, 1.82) is 0 Å². The molecule has 0 aromatic rings. The molecule has 1 fully saturated rings. The van der Waals surface area contributed by atoms with Crippen LogP contribution in [0.2, 0.25) is 0 Å². The number of amides is 2. The van der Waals surface area contributed by atoms with Crippen molar-refractivity contribution in [1.82, 2.24) is 10.2 Å². The Bertz CT molecular complexity index is 329. The fourth-order valence-corrected chi connectivity index (χ4v) is 2.46. The number of carboxylic acids is 1. The number of aliphatic carboxylic acids is 1. The van der Waals surface area contributed by atoms with Gasteiger partial charge in [0.2, 0.25) is 0 Å². The third-order valence-electron chi connectivity index (χ3n) is 3.60. The van der Waals surface area contributed by atoms with Crippen LogP contribution in [0.3, 0.4) is 0 Å². The molecule has 0 bridgehead atoms. The summed E-state index contributed by atoms with van der Waals surface area (Å²) in [6.45, 7) is 1.84. The number of nitrogens with zero attached hydrogens (tertiary/aromatic N) is 1. The maximum Gasteiger partial charge on any atom is 0.317 e. The number of likely N-dealkylation sites (tertiary alicyclic amines) is 1. The Morgan fingerprint density at radius 3 is 2.37 bits per heavy atom. The lowest BCUT2D eigenvalue weighted by Gasteiger charge is -2.38. The van der Waals surface area contributed by atoms with E-state index in [1.807, 2.05) is 6.92 Å². The summed E-state index contributed by atoms with van der Waals surface area (Å²) >= 11 is 0. The second-order valence-electron chi connectivity index (χ2n) is 4.90. The normalized spacial score (nSPS) is 18.4. The van der Waals surface area contributed by atoms with Gasteiger partial charge in [0.05, 0.1) is 12.0 Å². The molecule has 0 spiro atoms. The zero-order valence-electron chi connectivity index (χ0n) is 11.0. The van der Waals surface area contributed by atoms with E-state index in [0.29, 0.717) is 32.4 Å². The van der Waals surface area contributed by atoms with Gasteiger partial charge in [0, 0.05) is 13.1 Å². The molecule has 1 aliphatic rings. The van der Waals surface area contributed by atoms with E-state index < -0.39 is 30.4 Å². The molecule has 0 saturated carbocycles. The monoisotopic (exact) mass is 278 g/mol. The number of alkyl halides is 2. The summed E-state index contributed by atoms with van der Waals surface area (Å²) in [5, 5.41) is 11.4. The Labute approximate surface area is 111 Å². The molecule has 0 aromatic carbocycles. The number of carbonyl (C=O) groups is 2. The maximum absolute atomic E-state index is 12.0. The molecule has 7 heteroatoms. The molecule has 1 aliphatic heterocycles. The lowest BCUT2D eigenvalue weighted by atomic mass is 9.75. The van der Waals surface area contributed by atoms with Crippen LogP contribution in [0.4, 0.5) is 13.6 Å². The van der Waals surface area contributed by atoms with Gasteiger partial charge in [-0.2, -0.15) is 0 Å². The number of hydrogen-bond acceptors (Lipinski definition) is 2. The van der Waals surface area contributed by atoms with Gasteiger partial charge in [-0.15, -0.1) is 0 Å². The summed E-state index contributed by atoms with van der Waals surface area (Å²) in [7, 11) is 0. The van der Waals surface area contributed by atoms with E-state index >= 15 is 0 Å². The Hall–Kier alpha value is -1.40. The van der Waals surface area contributed by atoms with Gasteiger partial charge in [-0.1, -0.05) is 13.3 Å². The van der Waals surface area contributed by atoms with Crippen LogP contribution in [0.25, 0.3) is 0 Å². The molecular formula is C12H20F2N2O3. The third kappa shape index (κ3) is 4.04. The minimum absolute atomic E-state index is 0.293. The SMILES string of the molecule is CCCC1(C(=O)O)CCN(C(=O)NCC(F)F)CC1. The molecule has 5 nitrogen and oxygen atoms in total. The van der Waals surface area contributed by atoms with E-state index in [1.54, 1.807) is 0 Å². The molecule has 0 aliphatic carbocycles. The van der Waals surface area contributed by atoms with Crippen LogP contribution in [0.5, 0.6) is 0 Å². The molecule has 19 heavy (non-hydrogen) atoms. The molecule has 0 unspecified atom stereocenters. The first-order valence-corrected chi connectivity index (χ1v) is 6.45. The average molecular weight is 278 g/mol. The predicted molar refractivity (Wildman–Crippen MR) is 65.2 cm³/mol. The number of hydrogen-bond donors (Lipinski definition) is 2. The van der Waals surface area contributed by atoms with Crippen molar-refractivity contribution in [2.75, 3.05) is 19.6 Å². The van der Waals surface area contributed by atoms with Crippen LogP contribution in [0.1, 0.15) is 32.6 Å². The highest BCUT2D eigenvalue weighted by Crippen LogP contribution is 2.36. The van der Waals surface area contributed by atoms with E-state index in [9.17, 15) is 23.5 Å². The molecular weight excluding hydrogens is 258 g/mol. The van der Waals surface area contributed by atoms with Crippen molar-refractivity contribution >= 4 is 12.0 Å². The zero-order valence-corrected chi connectivity index (χ0v) is 11.0. The highest BCUT2D eigenvalue weighted by Gasteiger charge is 2.41. The van der Waals surface area contributed by atoms with Gasteiger partial charge in [-0.3, -0.25) is 4.79 Å². The van der Waals surface area contributed by atoms with Crippen LogP contribution >= 0.6 is 0 Å². The van der Waals surface area contributed by atoms with Crippen LogP contribution in [0.15, 0.2) is 0 Å². The molecule has 0 aromatic heterocycles. The number of carboxylic acid groups (broad SMARTS) is 1. The van der Waals surface area contributed by atoms with Crippen LogP contribution in [-0.2, 0) is 4.79 Å². The highest BCUT2D eigenvalue weighted by molar-refractivity contribution is 5.77. The molecule has 1 saturated heterocycles. The minimum Gasteiger partial charge on any atom is -0.481 e. The Morgan fingerprint density at radius 1 is 1.37 bits per heavy atom. The van der Waals surface area contributed by atoms with E-state index in [2.05, 4.69) is 5.32 Å². The van der Waals surface area contributed by atoms with Crippen molar-refractivity contribution in [3.05, 3.63) is 0 Å². The first-order chi connectivity index (χ1) is 8.91. The molecule has 0 atom stereocenters. The topological polar surface area (TPSA) is 69.6 Å². The fourth-order valence-electron chi connectivity index (χ4n) is 2.46. The Morgan fingerprint density at radius 2 is 1.95 bits per heavy atom. The maximum atomic E-state index is 12.0. The lowest BCUT2D eigenvalue weighted by Crippen LogP contribution is -2.50. The van der Waals surface area contributed by atoms with Crippen LogP contribution < -0.4 is 5.32 Å². The van der Waals surface area contributed by atoms with Crippen LogP contribution in [-0.4, -0.2) is 48.1 Å². The summed E-state index contributed by atoms with van der Waals surface area (Å²) in [4.78, 5) is 24.3. The van der Waals surface area contributed by atoms with E-state index in [4.69, 9.17) is 0 Å². The summed E-state index contributed by atoms with van der Waals surface area (Å²) in [5.74, 6) is -0.831. The standard InChI is InChI=1S/C12H20F2N2O3/c1-2-3-12(10(17)18)4-6-16(7-5-12)11(19)15-8-9(13)14/h9H,2-8H2,1H3,(H,15,19)(H,17,18). The number of urea groups is 1. The number of piperidine rings is 1. The van der Waals surface area contributed by atoms with Crippen LogP contribution in [0, 0.1) is 5.41 Å².